The van der Waals surface area contributed by atoms with Gasteiger partial charge in [-0.2, -0.15) is 0 Å². The smallest absolute Gasteiger partial charge is 0.200 e. The van der Waals surface area contributed by atoms with E-state index >= 15 is 0 Å². The maximum Gasteiger partial charge on any atom is 0.200 e. The molecule has 3 atom stereocenters. The number of methoxy groups -OCH3 is 1. The first-order valence-corrected chi connectivity index (χ1v) is 12.1. The van der Waals surface area contributed by atoms with Gasteiger partial charge in [0.2, 0.25) is 0 Å². The molecule has 5 heteroatoms. The molecule has 35 heavy (non-hydrogen) atoms. The zero-order valence-corrected chi connectivity index (χ0v) is 21.9. The number of Topliss-reactive ketones (excluding diaryl/α,β-unsaturated/α-hetero) is 3. The number of rotatable bonds is 8. The first kappa shape index (κ1) is 26.5. The third-order valence-electron chi connectivity index (χ3n) is 8.00. The van der Waals surface area contributed by atoms with E-state index in [-0.39, 0.29) is 36.4 Å². The van der Waals surface area contributed by atoms with Crippen molar-refractivity contribution in [3.63, 3.8) is 0 Å². The molecule has 0 radical (unpaired) electrons. The zero-order chi connectivity index (χ0) is 26.2. The summed E-state index contributed by atoms with van der Waals surface area (Å²) in [5, 5.41) is 0. The van der Waals surface area contributed by atoms with Gasteiger partial charge in [-0.1, -0.05) is 67.5 Å². The van der Waals surface area contributed by atoms with Crippen molar-refractivity contribution in [1.82, 2.24) is 0 Å². The third-order valence-corrected chi connectivity index (χ3v) is 8.00. The van der Waals surface area contributed by atoms with Gasteiger partial charge in [0.25, 0.3) is 0 Å². The minimum absolute atomic E-state index is 0.0694. The van der Waals surface area contributed by atoms with Gasteiger partial charge in [-0.25, -0.2) is 0 Å². The monoisotopic (exact) mass is 476 g/mol. The first-order chi connectivity index (χ1) is 16.4. The van der Waals surface area contributed by atoms with E-state index in [4.69, 9.17) is 4.74 Å². The summed E-state index contributed by atoms with van der Waals surface area (Å²) in [6.07, 6.45) is 5.24. The summed E-state index contributed by atoms with van der Waals surface area (Å²) < 4.78 is 5.80. The average molecular weight is 477 g/mol. The Morgan fingerprint density at radius 1 is 1.00 bits per heavy atom. The van der Waals surface area contributed by atoms with Crippen molar-refractivity contribution >= 4 is 23.6 Å². The predicted octanol–water partition coefficient (Wildman–Crippen LogP) is 5.85. The van der Waals surface area contributed by atoms with E-state index in [0.717, 1.165) is 17.4 Å². The quantitative estimate of drug-likeness (QED) is 0.155. The van der Waals surface area contributed by atoms with Crippen molar-refractivity contribution in [3.05, 3.63) is 70.5 Å². The number of ketones is 3. The number of benzene rings is 1. The van der Waals surface area contributed by atoms with Crippen molar-refractivity contribution in [3.8, 4) is 0 Å². The van der Waals surface area contributed by atoms with Crippen LogP contribution in [-0.4, -0.2) is 30.7 Å². The first-order valence-electron chi connectivity index (χ1n) is 12.1. The molecule has 1 aromatic rings. The lowest BCUT2D eigenvalue weighted by Crippen LogP contribution is -2.67. The Labute approximate surface area is 208 Å². The highest BCUT2D eigenvalue weighted by molar-refractivity contribution is 6.35. The standard InChI is InChI=1S/C30H36O5/c1-19(2)13-15-29-17-22(18-31)28(5,6)30(27(29)34,16-14-20(3)4)25(33)23(26(29)35-7)24(32)21-11-9-8-10-12-21/h8-14,18,22H,15-17H2,1-7H3/t22-,29-,30+/m0/s1. The largest absolute Gasteiger partial charge is 0.499 e. The fourth-order valence-electron chi connectivity index (χ4n) is 5.80. The van der Waals surface area contributed by atoms with Crippen LogP contribution >= 0.6 is 0 Å². The summed E-state index contributed by atoms with van der Waals surface area (Å²) in [6, 6.07) is 8.60. The number of ether oxygens (including phenoxy) is 1. The van der Waals surface area contributed by atoms with Crippen LogP contribution in [0, 0.1) is 22.2 Å². The van der Waals surface area contributed by atoms with E-state index in [1.54, 1.807) is 30.3 Å². The van der Waals surface area contributed by atoms with Crippen LogP contribution in [0.15, 0.2) is 65.0 Å². The fourth-order valence-corrected chi connectivity index (χ4v) is 5.80. The highest BCUT2D eigenvalue weighted by Crippen LogP contribution is 2.65. The van der Waals surface area contributed by atoms with Gasteiger partial charge in [0.1, 0.15) is 23.0 Å². The molecule has 0 aliphatic heterocycles. The Kier molecular flexibility index (Phi) is 7.21. The molecule has 2 aliphatic carbocycles. The topological polar surface area (TPSA) is 77.5 Å². The predicted molar refractivity (Wildman–Crippen MR) is 136 cm³/mol. The highest BCUT2D eigenvalue weighted by atomic mass is 16.5. The van der Waals surface area contributed by atoms with E-state index in [9.17, 15) is 19.2 Å². The summed E-state index contributed by atoms with van der Waals surface area (Å²) in [5.41, 5.74) is -1.60. The number of aldehydes is 1. The van der Waals surface area contributed by atoms with Crippen LogP contribution in [0.2, 0.25) is 0 Å². The number of carbonyl (C=O) groups excluding carboxylic acids is 4. The Morgan fingerprint density at radius 2 is 1.57 bits per heavy atom. The molecule has 1 fully saturated rings. The van der Waals surface area contributed by atoms with Crippen LogP contribution in [0.3, 0.4) is 0 Å². The van der Waals surface area contributed by atoms with E-state index < -0.39 is 33.7 Å². The van der Waals surface area contributed by atoms with E-state index in [1.165, 1.54) is 7.11 Å². The highest BCUT2D eigenvalue weighted by Gasteiger charge is 2.72. The van der Waals surface area contributed by atoms with Gasteiger partial charge in [-0.3, -0.25) is 14.4 Å². The lowest BCUT2D eigenvalue weighted by atomic mass is 9.40. The van der Waals surface area contributed by atoms with Crippen LogP contribution < -0.4 is 0 Å². The van der Waals surface area contributed by atoms with Gasteiger partial charge >= 0.3 is 0 Å². The molecule has 1 saturated carbocycles. The Bertz CT molecular complexity index is 1140. The molecule has 2 aliphatic rings. The Balaban J connectivity index is 2.47. The third kappa shape index (κ3) is 3.95. The summed E-state index contributed by atoms with van der Waals surface area (Å²) >= 11 is 0. The van der Waals surface area contributed by atoms with Gasteiger partial charge in [0.05, 0.1) is 12.5 Å². The average Bonchev–Trinajstić information content (AvgIpc) is 2.81. The van der Waals surface area contributed by atoms with Crippen molar-refractivity contribution < 1.29 is 23.9 Å². The molecule has 0 amide bonds. The molecular weight excluding hydrogens is 440 g/mol. The maximum atomic E-state index is 14.6. The second-order valence-electron chi connectivity index (χ2n) is 10.9. The second-order valence-corrected chi connectivity index (χ2v) is 10.9. The molecule has 0 saturated heterocycles. The molecule has 0 aromatic heterocycles. The lowest BCUT2D eigenvalue weighted by Gasteiger charge is -2.59. The fraction of sp³-hybridized carbons (Fsp3) is 0.467. The molecular formula is C30H36O5. The number of hydrogen-bond acceptors (Lipinski definition) is 5. The molecule has 0 N–H and O–H groups in total. The molecule has 0 unspecified atom stereocenters. The maximum absolute atomic E-state index is 14.6. The van der Waals surface area contributed by atoms with Crippen LogP contribution in [0.25, 0.3) is 0 Å². The Hall–Kier alpha value is -3.08. The van der Waals surface area contributed by atoms with Gasteiger partial charge in [-0.05, 0) is 52.4 Å². The molecule has 3 rings (SSSR count). The van der Waals surface area contributed by atoms with Gasteiger partial charge in [-0.15, -0.1) is 0 Å². The van der Waals surface area contributed by atoms with Crippen molar-refractivity contribution in [2.24, 2.45) is 22.2 Å². The van der Waals surface area contributed by atoms with Crippen LogP contribution in [-0.2, 0) is 19.1 Å². The number of carbonyl (C=O) groups is 4. The van der Waals surface area contributed by atoms with Gasteiger partial charge in [0, 0.05) is 11.5 Å². The summed E-state index contributed by atoms with van der Waals surface area (Å²) in [6.45, 7) is 11.3. The molecule has 0 heterocycles. The lowest BCUT2D eigenvalue weighted by molar-refractivity contribution is -0.171. The van der Waals surface area contributed by atoms with Crippen LogP contribution in [0.1, 0.15) is 71.2 Å². The van der Waals surface area contributed by atoms with E-state index in [0.29, 0.717) is 5.56 Å². The van der Waals surface area contributed by atoms with E-state index in [2.05, 4.69) is 0 Å². The second kappa shape index (κ2) is 9.52. The summed E-state index contributed by atoms with van der Waals surface area (Å²) in [7, 11) is 1.40. The van der Waals surface area contributed by atoms with Gasteiger partial charge < -0.3 is 9.53 Å². The molecule has 2 bridgehead atoms. The summed E-state index contributed by atoms with van der Waals surface area (Å²) in [4.78, 5) is 55.4. The summed E-state index contributed by atoms with van der Waals surface area (Å²) in [5.74, 6) is -1.74. The molecule has 0 spiro atoms. The molecule has 5 nitrogen and oxygen atoms in total. The molecule has 186 valence electrons. The van der Waals surface area contributed by atoms with Crippen molar-refractivity contribution in [2.45, 2.75) is 60.8 Å². The normalized spacial score (nSPS) is 27.2. The van der Waals surface area contributed by atoms with Crippen molar-refractivity contribution in [2.75, 3.05) is 7.11 Å². The van der Waals surface area contributed by atoms with E-state index in [1.807, 2.05) is 53.7 Å². The SMILES string of the molecule is COC1=C(C(=O)c2ccccc2)C(=O)[C@]2(CC=C(C)C)C(=O)[C@@]1(CC=C(C)C)C[C@@H](C=O)C2(C)C. The number of fused-ring (bicyclic) bond motifs is 2. The molecule has 1 aromatic carbocycles. The minimum Gasteiger partial charge on any atom is -0.499 e. The van der Waals surface area contributed by atoms with Crippen molar-refractivity contribution in [1.29, 1.82) is 0 Å². The van der Waals surface area contributed by atoms with Gasteiger partial charge in [0.15, 0.2) is 17.3 Å². The zero-order valence-electron chi connectivity index (χ0n) is 21.9. The Morgan fingerprint density at radius 3 is 2.09 bits per heavy atom. The number of hydrogen-bond donors (Lipinski definition) is 0. The number of allylic oxidation sites excluding steroid dienone is 6. The van der Waals surface area contributed by atoms with Crippen LogP contribution in [0.5, 0.6) is 0 Å². The minimum atomic E-state index is -1.56. The van der Waals surface area contributed by atoms with Crippen LogP contribution in [0.4, 0.5) is 0 Å².